The number of benzene rings is 1. The molecule has 3 rings (SSSR count). The fraction of sp³-hybridized carbons (Fsp3) is 0.389. The van der Waals surface area contributed by atoms with Crippen LogP contribution in [0.2, 0.25) is 5.02 Å². The predicted octanol–water partition coefficient (Wildman–Crippen LogP) is 2.38. The molecule has 7 heteroatoms. The van der Waals surface area contributed by atoms with Crippen molar-refractivity contribution in [1.29, 1.82) is 0 Å². The van der Waals surface area contributed by atoms with Crippen LogP contribution in [0.4, 0.5) is 5.69 Å². The molecule has 1 saturated heterocycles. The van der Waals surface area contributed by atoms with Gasteiger partial charge in [0.2, 0.25) is 0 Å². The maximum atomic E-state index is 6.10. The van der Waals surface area contributed by atoms with Gasteiger partial charge in [-0.05, 0) is 37.6 Å². The van der Waals surface area contributed by atoms with Crippen LogP contribution in [-0.4, -0.2) is 42.1 Å². The first-order chi connectivity index (χ1) is 12.1. The third kappa shape index (κ3) is 4.82. The highest BCUT2D eigenvalue weighted by molar-refractivity contribution is 6.30. The monoisotopic (exact) mass is 358 g/mol. The van der Waals surface area contributed by atoms with Gasteiger partial charge in [0.1, 0.15) is 5.82 Å². The van der Waals surface area contributed by atoms with Crippen molar-refractivity contribution in [3.05, 3.63) is 53.1 Å². The lowest BCUT2D eigenvalue weighted by atomic mass is 10.2. The molecule has 0 aliphatic carbocycles. The van der Waals surface area contributed by atoms with Crippen molar-refractivity contribution in [2.24, 2.45) is 4.99 Å². The van der Waals surface area contributed by atoms with Crippen molar-refractivity contribution in [3.8, 4) is 0 Å². The Kier molecular flexibility index (Phi) is 5.71. The highest BCUT2D eigenvalue weighted by Gasteiger charge is 2.23. The standard InChI is InChI=1S/C18H23ClN6/c1-13-21-8-6-15(23-13)11-22-18(20-2)24-16-7-9-25(12-16)17-5-3-4-14(19)10-17/h3-6,8,10,16H,7,9,11-12H2,1-2H3,(H2,20,22,24). The summed E-state index contributed by atoms with van der Waals surface area (Å²) in [5.41, 5.74) is 2.11. The number of hydrogen-bond donors (Lipinski definition) is 2. The molecule has 0 amide bonds. The lowest BCUT2D eigenvalue weighted by Crippen LogP contribution is -2.44. The maximum Gasteiger partial charge on any atom is 0.191 e. The summed E-state index contributed by atoms with van der Waals surface area (Å²) in [7, 11) is 1.78. The Bertz CT molecular complexity index is 748. The number of nitrogens with zero attached hydrogens (tertiary/aromatic N) is 4. The second-order valence-corrected chi connectivity index (χ2v) is 6.51. The summed E-state index contributed by atoms with van der Waals surface area (Å²) in [6, 6.07) is 10.2. The number of nitrogens with one attached hydrogen (secondary N) is 2. The third-order valence-electron chi connectivity index (χ3n) is 4.20. The summed E-state index contributed by atoms with van der Waals surface area (Å²) in [6.07, 6.45) is 2.83. The molecule has 6 nitrogen and oxygen atoms in total. The molecule has 25 heavy (non-hydrogen) atoms. The van der Waals surface area contributed by atoms with Gasteiger partial charge in [0.05, 0.1) is 12.2 Å². The summed E-state index contributed by atoms with van der Waals surface area (Å²) >= 11 is 6.10. The Morgan fingerprint density at radius 1 is 1.40 bits per heavy atom. The normalized spacial score (nSPS) is 17.6. The summed E-state index contributed by atoms with van der Waals surface area (Å²) in [5.74, 6) is 1.56. The number of aryl methyl sites for hydroxylation is 1. The summed E-state index contributed by atoms with van der Waals surface area (Å²) in [5, 5.41) is 7.57. The van der Waals surface area contributed by atoms with Gasteiger partial charge in [-0.3, -0.25) is 4.99 Å². The number of hydrogen-bond acceptors (Lipinski definition) is 4. The van der Waals surface area contributed by atoms with Crippen molar-refractivity contribution in [3.63, 3.8) is 0 Å². The van der Waals surface area contributed by atoms with Crippen LogP contribution in [0.5, 0.6) is 0 Å². The van der Waals surface area contributed by atoms with E-state index in [4.69, 9.17) is 11.6 Å². The molecule has 0 saturated carbocycles. The van der Waals surface area contributed by atoms with Crippen molar-refractivity contribution < 1.29 is 0 Å². The fourth-order valence-corrected chi connectivity index (χ4v) is 3.14. The van der Waals surface area contributed by atoms with Crippen molar-refractivity contribution in [1.82, 2.24) is 20.6 Å². The molecule has 1 aromatic carbocycles. The van der Waals surface area contributed by atoms with E-state index >= 15 is 0 Å². The number of halogens is 1. The molecule has 0 radical (unpaired) electrons. The Labute approximate surface area is 153 Å². The van der Waals surface area contributed by atoms with Crippen LogP contribution in [0.1, 0.15) is 17.9 Å². The van der Waals surface area contributed by atoms with E-state index in [0.717, 1.165) is 47.7 Å². The molecule has 0 spiro atoms. The molecular weight excluding hydrogens is 336 g/mol. The lowest BCUT2D eigenvalue weighted by molar-refractivity contribution is 0.646. The van der Waals surface area contributed by atoms with Crippen LogP contribution in [0.3, 0.4) is 0 Å². The van der Waals surface area contributed by atoms with Crippen molar-refractivity contribution in [2.45, 2.75) is 25.9 Å². The molecule has 2 heterocycles. The van der Waals surface area contributed by atoms with Gasteiger partial charge >= 0.3 is 0 Å². The molecule has 1 aromatic heterocycles. The number of aromatic nitrogens is 2. The van der Waals surface area contributed by atoms with Crippen molar-refractivity contribution in [2.75, 3.05) is 25.0 Å². The van der Waals surface area contributed by atoms with Gasteiger partial charge in [0.15, 0.2) is 5.96 Å². The largest absolute Gasteiger partial charge is 0.369 e. The van der Waals surface area contributed by atoms with Crippen LogP contribution in [0.25, 0.3) is 0 Å². The van der Waals surface area contributed by atoms with Gasteiger partial charge < -0.3 is 15.5 Å². The molecule has 2 aromatic rings. The molecule has 1 fully saturated rings. The molecule has 0 bridgehead atoms. The van der Waals surface area contributed by atoms with E-state index in [1.165, 1.54) is 0 Å². The smallest absolute Gasteiger partial charge is 0.191 e. The summed E-state index contributed by atoms with van der Waals surface area (Å²) in [4.78, 5) is 15.2. The SMILES string of the molecule is CN=C(NCc1ccnc(C)n1)NC1CCN(c2cccc(Cl)c2)C1. The quantitative estimate of drug-likeness (QED) is 0.649. The molecule has 1 unspecified atom stereocenters. The van der Waals surface area contributed by atoms with Crippen molar-refractivity contribution >= 4 is 23.2 Å². The zero-order chi connectivity index (χ0) is 17.6. The summed E-state index contributed by atoms with van der Waals surface area (Å²) in [6.45, 7) is 4.43. The average Bonchev–Trinajstić information content (AvgIpc) is 3.07. The second kappa shape index (κ2) is 8.16. The van der Waals surface area contributed by atoms with Crippen LogP contribution in [0.15, 0.2) is 41.5 Å². The van der Waals surface area contributed by atoms with E-state index in [9.17, 15) is 0 Å². The molecule has 1 atom stereocenters. The Morgan fingerprint density at radius 3 is 3.04 bits per heavy atom. The predicted molar refractivity (Wildman–Crippen MR) is 102 cm³/mol. The van der Waals surface area contributed by atoms with Gasteiger partial charge in [-0.2, -0.15) is 0 Å². The minimum absolute atomic E-state index is 0.345. The minimum atomic E-state index is 0.345. The molecule has 2 N–H and O–H groups in total. The van der Waals surface area contributed by atoms with Crippen LogP contribution in [-0.2, 0) is 6.54 Å². The minimum Gasteiger partial charge on any atom is -0.369 e. The van der Waals surface area contributed by atoms with Crippen LogP contribution < -0.4 is 15.5 Å². The van der Waals surface area contributed by atoms with E-state index in [1.807, 2.05) is 31.2 Å². The fourth-order valence-electron chi connectivity index (χ4n) is 2.95. The molecular formula is C18H23ClN6. The Hall–Kier alpha value is -2.34. The summed E-state index contributed by atoms with van der Waals surface area (Å²) < 4.78 is 0. The van der Waals surface area contributed by atoms with Gasteiger partial charge in [-0.25, -0.2) is 9.97 Å². The van der Waals surface area contributed by atoms with Gasteiger partial charge in [0.25, 0.3) is 0 Å². The lowest BCUT2D eigenvalue weighted by Gasteiger charge is -2.20. The van der Waals surface area contributed by atoms with E-state index in [0.29, 0.717) is 12.6 Å². The maximum absolute atomic E-state index is 6.10. The highest BCUT2D eigenvalue weighted by atomic mass is 35.5. The van der Waals surface area contributed by atoms with Crippen LogP contribution >= 0.6 is 11.6 Å². The highest BCUT2D eigenvalue weighted by Crippen LogP contribution is 2.23. The van der Waals surface area contributed by atoms with E-state index in [1.54, 1.807) is 13.2 Å². The first-order valence-corrected chi connectivity index (χ1v) is 8.78. The molecule has 1 aliphatic heterocycles. The number of rotatable bonds is 4. The topological polar surface area (TPSA) is 65.4 Å². The van der Waals surface area contributed by atoms with Gasteiger partial charge in [0, 0.05) is 43.1 Å². The van der Waals surface area contributed by atoms with Gasteiger partial charge in [-0.1, -0.05) is 17.7 Å². The third-order valence-corrected chi connectivity index (χ3v) is 4.43. The first-order valence-electron chi connectivity index (χ1n) is 8.40. The van der Waals surface area contributed by atoms with E-state index < -0.39 is 0 Å². The van der Waals surface area contributed by atoms with Crippen LogP contribution in [0, 0.1) is 6.92 Å². The number of anilines is 1. The molecule has 1 aliphatic rings. The van der Waals surface area contributed by atoms with E-state index in [-0.39, 0.29) is 0 Å². The zero-order valence-electron chi connectivity index (χ0n) is 14.5. The molecule has 132 valence electrons. The van der Waals surface area contributed by atoms with Gasteiger partial charge in [-0.15, -0.1) is 0 Å². The number of guanidine groups is 1. The second-order valence-electron chi connectivity index (χ2n) is 6.08. The Morgan fingerprint density at radius 2 is 2.28 bits per heavy atom. The first kappa shape index (κ1) is 17.5. The van der Waals surface area contributed by atoms with E-state index in [2.05, 4.69) is 36.6 Å². The number of aliphatic imine (C=N–C) groups is 1. The Balaban J connectivity index is 1.52. The average molecular weight is 359 g/mol. The zero-order valence-corrected chi connectivity index (χ0v) is 15.3.